The molecule has 0 atom stereocenters. The number of rotatable bonds is 3. The van der Waals surface area contributed by atoms with Gasteiger partial charge in [-0.3, -0.25) is 0 Å². The van der Waals surface area contributed by atoms with Crippen LogP contribution < -0.4 is 0 Å². The summed E-state index contributed by atoms with van der Waals surface area (Å²) >= 11 is 6.93. The van der Waals surface area contributed by atoms with Gasteiger partial charge in [-0.25, -0.2) is 13.6 Å². The van der Waals surface area contributed by atoms with Gasteiger partial charge < -0.3 is 4.90 Å². The van der Waals surface area contributed by atoms with E-state index < -0.39 is 11.6 Å². The lowest BCUT2D eigenvalue weighted by molar-refractivity contribution is 0.209. The molecule has 0 spiro atoms. The van der Waals surface area contributed by atoms with Crippen LogP contribution in [0, 0.1) is 11.6 Å². The van der Waals surface area contributed by atoms with Crippen LogP contribution >= 0.6 is 23.4 Å². The van der Waals surface area contributed by atoms with Crippen LogP contribution in [0.5, 0.6) is 0 Å². The molecule has 8 heteroatoms. The second kappa shape index (κ2) is 6.44. The number of carbonyl (C=O) groups is 1. The molecule has 0 saturated heterocycles. The number of carbonyl (C=O) groups excluding carboxylic acids is 1. The topological polar surface area (TPSA) is 38.1 Å². The van der Waals surface area contributed by atoms with Gasteiger partial charge in [0.15, 0.2) is 0 Å². The largest absolute Gasteiger partial charge is 0.344 e. The standard InChI is InChI=1S/C13H12ClF2N3OS/c1-3-18(2)13(20)19-7-9(14)12(17-19)21-11-5-4-8(15)6-10(11)16/h4-7H,3H2,1-2H3. The highest BCUT2D eigenvalue weighted by atomic mass is 35.5. The maximum Gasteiger partial charge on any atom is 0.344 e. The fourth-order valence-electron chi connectivity index (χ4n) is 1.48. The molecule has 4 nitrogen and oxygen atoms in total. The highest BCUT2D eigenvalue weighted by Crippen LogP contribution is 2.33. The minimum atomic E-state index is -0.706. The maximum absolute atomic E-state index is 13.6. The first-order valence-electron chi connectivity index (χ1n) is 6.06. The Balaban J connectivity index is 2.25. The minimum absolute atomic E-state index is 0.180. The highest BCUT2D eigenvalue weighted by molar-refractivity contribution is 7.99. The van der Waals surface area contributed by atoms with Crippen molar-refractivity contribution in [3.63, 3.8) is 0 Å². The highest BCUT2D eigenvalue weighted by Gasteiger charge is 2.17. The molecule has 1 amide bonds. The van der Waals surface area contributed by atoms with E-state index in [2.05, 4.69) is 5.10 Å². The van der Waals surface area contributed by atoms with Crippen molar-refractivity contribution >= 4 is 29.4 Å². The van der Waals surface area contributed by atoms with Gasteiger partial charge in [-0.05, 0) is 19.1 Å². The summed E-state index contributed by atoms with van der Waals surface area (Å²) in [5, 5.41) is 4.54. The Hall–Kier alpha value is -1.60. The van der Waals surface area contributed by atoms with Gasteiger partial charge in [0.05, 0.1) is 11.2 Å². The Morgan fingerprint density at radius 3 is 2.81 bits per heavy atom. The molecular weight excluding hydrogens is 320 g/mol. The molecule has 0 fully saturated rings. The van der Waals surface area contributed by atoms with Crippen LogP contribution in [0.15, 0.2) is 34.3 Å². The van der Waals surface area contributed by atoms with Crippen LogP contribution in [0.2, 0.25) is 5.02 Å². The van der Waals surface area contributed by atoms with Crippen molar-refractivity contribution in [2.45, 2.75) is 16.8 Å². The third-order valence-corrected chi connectivity index (χ3v) is 4.17. The van der Waals surface area contributed by atoms with Gasteiger partial charge in [0.25, 0.3) is 0 Å². The first kappa shape index (κ1) is 15.8. The Morgan fingerprint density at radius 2 is 2.19 bits per heavy atom. The van der Waals surface area contributed by atoms with Gasteiger partial charge in [0.1, 0.15) is 16.7 Å². The predicted octanol–water partition coefficient (Wildman–Crippen LogP) is 3.89. The summed E-state index contributed by atoms with van der Waals surface area (Å²) in [5.41, 5.74) is 0. The lowest BCUT2D eigenvalue weighted by Gasteiger charge is -2.13. The molecule has 0 aliphatic rings. The van der Waals surface area contributed by atoms with Gasteiger partial charge in [0, 0.05) is 24.6 Å². The molecule has 0 bridgehead atoms. The van der Waals surface area contributed by atoms with Crippen LogP contribution in [0.4, 0.5) is 13.6 Å². The van der Waals surface area contributed by atoms with E-state index in [1.165, 1.54) is 17.2 Å². The molecule has 0 aliphatic heterocycles. The second-order valence-corrected chi connectivity index (χ2v) is 5.64. The molecular formula is C13H12ClF2N3OS. The number of halogens is 3. The number of benzene rings is 1. The molecule has 0 radical (unpaired) electrons. The maximum atomic E-state index is 13.6. The van der Waals surface area contributed by atoms with Crippen LogP contribution in [0.3, 0.4) is 0 Å². The van der Waals surface area contributed by atoms with Crippen LogP contribution in [-0.4, -0.2) is 34.3 Å². The smallest absolute Gasteiger partial charge is 0.326 e. The Labute approximate surface area is 129 Å². The Morgan fingerprint density at radius 1 is 1.48 bits per heavy atom. The molecule has 2 rings (SSSR count). The minimum Gasteiger partial charge on any atom is -0.326 e. The quantitative estimate of drug-likeness (QED) is 0.856. The number of nitrogens with zero attached hydrogens (tertiary/aromatic N) is 3. The molecule has 1 aromatic carbocycles. The van der Waals surface area contributed by atoms with Crippen molar-refractivity contribution in [1.29, 1.82) is 0 Å². The zero-order valence-corrected chi connectivity index (χ0v) is 12.9. The molecule has 2 aromatic rings. The zero-order chi connectivity index (χ0) is 15.6. The molecule has 21 heavy (non-hydrogen) atoms. The van der Waals surface area contributed by atoms with Gasteiger partial charge in [0.2, 0.25) is 0 Å². The van der Waals surface area contributed by atoms with E-state index in [1.807, 2.05) is 6.92 Å². The molecule has 0 saturated carbocycles. The predicted molar refractivity (Wildman–Crippen MR) is 76.8 cm³/mol. The van der Waals surface area contributed by atoms with E-state index in [-0.39, 0.29) is 21.0 Å². The summed E-state index contributed by atoms with van der Waals surface area (Å²) in [4.78, 5) is 13.6. The lowest BCUT2D eigenvalue weighted by atomic mass is 10.3. The van der Waals surface area contributed by atoms with E-state index in [0.717, 1.165) is 28.6 Å². The Kier molecular flexibility index (Phi) is 4.84. The van der Waals surface area contributed by atoms with Crippen molar-refractivity contribution < 1.29 is 13.6 Å². The third kappa shape index (κ3) is 3.54. The van der Waals surface area contributed by atoms with Gasteiger partial charge in [-0.15, -0.1) is 0 Å². The lowest BCUT2D eigenvalue weighted by Crippen LogP contribution is -2.31. The summed E-state index contributed by atoms with van der Waals surface area (Å²) in [6.45, 7) is 2.35. The first-order chi connectivity index (χ1) is 9.92. The summed E-state index contributed by atoms with van der Waals surface area (Å²) in [5.74, 6) is -1.36. The molecule has 112 valence electrons. The fourth-order valence-corrected chi connectivity index (χ4v) is 2.50. The van der Waals surface area contributed by atoms with E-state index >= 15 is 0 Å². The van der Waals surface area contributed by atoms with Crippen molar-refractivity contribution in [3.05, 3.63) is 41.1 Å². The number of aromatic nitrogens is 2. The van der Waals surface area contributed by atoms with E-state index in [9.17, 15) is 13.6 Å². The third-order valence-electron chi connectivity index (χ3n) is 2.74. The summed E-state index contributed by atoms with van der Waals surface area (Å²) < 4.78 is 27.6. The number of hydrogen-bond acceptors (Lipinski definition) is 3. The van der Waals surface area contributed by atoms with Crippen LogP contribution in [-0.2, 0) is 0 Å². The SMILES string of the molecule is CCN(C)C(=O)n1cc(Cl)c(Sc2ccc(F)cc2F)n1. The zero-order valence-electron chi connectivity index (χ0n) is 11.3. The van der Waals surface area contributed by atoms with Crippen LogP contribution in [0.1, 0.15) is 6.92 Å². The second-order valence-electron chi connectivity index (χ2n) is 4.20. The fraction of sp³-hybridized carbons (Fsp3) is 0.231. The summed E-state index contributed by atoms with van der Waals surface area (Å²) in [7, 11) is 1.63. The average molecular weight is 332 g/mol. The first-order valence-corrected chi connectivity index (χ1v) is 7.25. The molecule has 1 aromatic heterocycles. The van der Waals surface area contributed by atoms with E-state index in [1.54, 1.807) is 7.05 Å². The summed E-state index contributed by atoms with van der Waals surface area (Å²) in [6.07, 6.45) is 1.36. The van der Waals surface area contributed by atoms with Crippen molar-refractivity contribution in [1.82, 2.24) is 14.7 Å². The van der Waals surface area contributed by atoms with E-state index in [0.29, 0.717) is 6.54 Å². The van der Waals surface area contributed by atoms with Crippen molar-refractivity contribution in [2.75, 3.05) is 13.6 Å². The molecule has 0 N–H and O–H groups in total. The van der Waals surface area contributed by atoms with Gasteiger partial charge in [-0.1, -0.05) is 23.4 Å². The average Bonchev–Trinajstić information content (AvgIpc) is 2.81. The van der Waals surface area contributed by atoms with Gasteiger partial charge >= 0.3 is 6.03 Å². The molecule has 0 unspecified atom stereocenters. The number of amides is 1. The van der Waals surface area contributed by atoms with Crippen molar-refractivity contribution in [3.8, 4) is 0 Å². The number of hydrogen-bond donors (Lipinski definition) is 0. The molecule has 0 aliphatic carbocycles. The summed E-state index contributed by atoms with van der Waals surface area (Å²) in [6, 6.07) is 2.88. The normalized spacial score (nSPS) is 10.7. The van der Waals surface area contributed by atoms with Crippen molar-refractivity contribution in [2.24, 2.45) is 0 Å². The van der Waals surface area contributed by atoms with Gasteiger partial charge in [-0.2, -0.15) is 9.78 Å². The van der Waals surface area contributed by atoms with Crippen LogP contribution in [0.25, 0.3) is 0 Å². The Bertz CT molecular complexity index is 677. The molecule has 1 heterocycles. The van der Waals surface area contributed by atoms with E-state index in [4.69, 9.17) is 11.6 Å². The monoisotopic (exact) mass is 331 g/mol.